The number of halogens is 1. The highest BCUT2D eigenvalue weighted by Crippen LogP contribution is 2.48. The van der Waals surface area contributed by atoms with E-state index in [2.05, 4.69) is 0 Å². The number of fused-ring (bicyclic) bond motifs is 1. The van der Waals surface area contributed by atoms with Gasteiger partial charge in [-0.1, -0.05) is 0 Å². The molecule has 0 unspecified atom stereocenters. The van der Waals surface area contributed by atoms with Crippen LogP contribution in [0.3, 0.4) is 0 Å². The molecule has 0 radical (unpaired) electrons. The van der Waals surface area contributed by atoms with E-state index in [0.717, 1.165) is 30.6 Å². The van der Waals surface area contributed by atoms with Gasteiger partial charge in [-0.05, 0) is 18.2 Å². The van der Waals surface area contributed by atoms with Gasteiger partial charge < -0.3 is 15.2 Å². The van der Waals surface area contributed by atoms with Crippen LogP contribution < -0.4 is 10.5 Å². The number of methoxy groups -OCH3 is 1. The molecule has 1 aliphatic heterocycles. The van der Waals surface area contributed by atoms with Crippen LogP contribution in [-0.2, 0) is 4.74 Å². The lowest BCUT2D eigenvalue weighted by Crippen LogP contribution is -2.55. The maximum Gasteiger partial charge on any atom is 0.125 e. The molecule has 1 aliphatic carbocycles. The Morgan fingerprint density at radius 3 is 2.88 bits per heavy atom. The number of hydrogen-bond acceptors (Lipinski definition) is 3. The largest absolute Gasteiger partial charge is 0.487 e. The molecule has 1 aromatic carbocycles. The number of benzene rings is 1. The molecule has 2 aliphatic rings. The lowest BCUT2D eigenvalue weighted by Gasteiger charge is -2.50. The van der Waals surface area contributed by atoms with Crippen molar-refractivity contribution in [3.05, 3.63) is 29.6 Å². The number of hydrogen-bond donors (Lipinski definition) is 1. The highest BCUT2D eigenvalue weighted by atomic mass is 19.1. The molecule has 0 saturated heterocycles. The van der Waals surface area contributed by atoms with Crippen LogP contribution in [0.4, 0.5) is 4.39 Å². The van der Waals surface area contributed by atoms with E-state index >= 15 is 0 Å². The van der Waals surface area contributed by atoms with Gasteiger partial charge in [-0.15, -0.1) is 0 Å². The smallest absolute Gasteiger partial charge is 0.125 e. The van der Waals surface area contributed by atoms with Crippen LogP contribution in [0.15, 0.2) is 18.2 Å². The van der Waals surface area contributed by atoms with E-state index in [4.69, 9.17) is 15.2 Å². The summed E-state index contributed by atoms with van der Waals surface area (Å²) in [4.78, 5) is 0. The normalized spacial score (nSPS) is 35.0. The highest BCUT2D eigenvalue weighted by Gasteiger charge is 2.50. The topological polar surface area (TPSA) is 44.5 Å². The first-order chi connectivity index (χ1) is 8.12. The second-order valence-corrected chi connectivity index (χ2v) is 5.04. The van der Waals surface area contributed by atoms with Crippen LogP contribution in [0.5, 0.6) is 5.75 Å². The second kappa shape index (κ2) is 3.68. The van der Waals surface area contributed by atoms with E-state index in [1.54, 1.807) is 13.2 Å². The van der Waals surface area contributed by atoms with Gasteiger partial charge in [0.1, 0.15) is 17.2 Å². The molecular weight excluding hydrogens is 221 g/mol. The average Bonchev–Trinajstić information content (AvgIpc) is 2.26. The summed E-state index contributed by atoms with van der Waals surface area (Å²) >= 11 is 0. The summed E-state index contributed by atoms with van der Waals surface area (Å²) < 4.78 is 24.4. The van der Waals surface area contributed by atoms with Crippen molar-refractivity contribution in [1.82, 2.24) is 0 Å². The fourth-order valence-corrected chi connectivity index (χ4v) is 2.87. The third kappa shape index (κ3) is 1.72. The van der Waals surface area contributed by atoms with Crippen LogP contribution >= 0.6 is 0 Å². The molecule has 1 heterocycles. The van der Waals surface area contributed by atoms with Gasteiger partial charge in [0.25, 0.3) is 0 Å². The van der Waals surface area contributed by atoms with Gasteiger partial charge >= 0.3 is 0 Å². The fourth-order valence-electron chi connectivity index (χ4n) is 2.87. The van der Waals surface area contributed by atoms with Gasteiger partial charge in [0.05, 0.1) is 6.10 Å². The van der Waals surface area contributed by atoms with Crippen molar-refractivity contribution in [1.29, 1.82) is 0 Å². The zero-order valence-corrected chi connectivity index (χ0v) is 9.78. The molecule has 1 spiro atoms. The maximum atomic E-state index is 13.1. The summed E-state index contributed by atoms with van der Waals surface area (Å²) in [7, 11) is 1.71. The number of nitrogens with two attached hydrogens (primary N) is 1. The Morgan fingerprint density at radius 2 is 2.18 bits per heavy atom. The molecule has 3 rings (SSSR count). The van der Waals surface area contributed by atoms with Gasteiger partial charge in [-0.2, -0.15) is 0 Å². The lowest BCUT2D eigenvalue weighted by molar-refractivity contribution is -0.124. The Labute approximate surface area is 99.7 Å². The molecule has 1 aromatic rings. The van der Waals surface area contributed by atoms with Crippen molar-refractivity contribution in [2.24, 2.45) is 5.73 Å². The molecule has 17 heavy (non-hydrogen) atoms. The predicted octanol–water partition coefficient (Wildman–Crippen LogP) is 2.16. The SMILES string of the molecule is COC1CC2(C1)C[C@H](N)c1cc(F)ccc1O2. The Morgan fingerprint density at radius 1 is 1.41 bits per heavy atom. The van der Waals surface area contributed by atoms with Gasteiger partial charge in [-0.25, -0.2) is 4.39 Å². The summed E-state index contributed by atoms with van der Waals surface area (Å²) in [5.74, 6) is 0.460. The molecule has 1 atom stereocenters. The first-order valence-corrected chi connectivity index (χ1v) is 5.89. The number of rotatable bonds is 1. The minimum atomic E-state index is -0.262. The van der Waals surface area contributed by atoms with Crippen molar-refractivity contribution >= 4 is 0 Å². The minimum absolute atomic E-state index is 0.146. The molecule has 0 bridgehead atoms. The second-order valence-electron chi connectivity index (χ2n) is 5.04. The standard InChI is InChI=1S/C13H16FNO2/c1-16-9-5-13(6-9)7-11(15)10-4-8(14)2-3-12(10)17-13/h2-4,9,11H,5-7,15H2,1H3/t9?,11-,13?/m0/s1. The quantitative estimate of drug-likeness (QED) is 0.814. The van der Waals surface area contributed by atoms with Crippen molar-refractivity contribution in [3.63, 3.8) is 0 Å². The molecule has 3 nitrogen and oxygen atoms in total. The summed E-state index contributed by atoms with van der Waals surface area (Å²) in [6, 6.07) is 4.41. The maximum absolute atomic E-state index is 13.1. The van der Waals surface area contributed by atoms with Gasteiger partial charge in [0.2, 0.25) is 0 Å². The van der Waals surface area contributed by atoms with E-state index in [1.165, 1.54) is 12.1 Å². The molecule has 92 valence electrons. The molecule has 0 aromatic heterocycles. The Balaban J connectivity index is 1.87. The first-order valence-electron chi connectivity index (χ1n) is 5.89. The number of ether oxygens (including phenoxy) is 2. The van der Waals surface area contributed by atoms with Gasteiger partial charge in [-0.3, -0.25) is 0 Å². The van der Waals surface area contributed by atoms with Crippen molar-refractivity contribution < 1.29 is 13.9 Å². The van der Waals surface area contributed by atoms with E-state index in [9.17, 15) is 4.39 Å². The van der Waals surface area contributed by atoms with Crippen LogP contribution in [0.1, 0.15) is 30.9 Å². The van der Waals surface area contributed by atoms with Crippen LogP contribution in [-0.4, -0.2) is 18.8 Å². The Bertz CT molecular complexity index is 443. The van der Waals surface area contributed by atoms with Crippen LogP contribution in [0.2, 0.25) is 0 Å². The van der Waals surface area contributed by atoms with E-state index in [0.29, 0.717) is 0 Å². The zero-order chi connectivity index (χ0) is 12.0. The van der Waals surface area contributed by atoms with Gasteiger partial charge in [0.15, 0.2) is 0 Å². The van der Waals surface area contributed by atoms with Gasteiger partial charge in [0, 0.05) is 38.0 Å². The molecule has 0 amide bonds. The van der Waals surface area contributed by atoms with E-state index in [-0.39, 0.29) is 23.6 Å². The summed E-state index contributed by atoms with van der Waals surface area (Å²) in [5, 5.41) is 0. The van der Waals surface area contributed by atoms with Crippen molar-refractivity contribution in [2.45, 2.75) is 37.0 Å². The van der Waals surface area contributed by atoms with Crippen LogP contribution in [0, 0.1) is 5.82 Å². The third-order valence-corrected chi connectivity index (χ3v) is 3.82. The van der Waals surface area contributed by atoms with E-state index < -0.39 is 0 Å². The average molecular weight is 237 g/mol. The van der Waals surface area contributed by atoms with Crippen molar-refractivity contribution in [3.8, 4) is 5.75 Å². The summed E-state index contributed by atoms with van der Waals surface area (Å²) in [6.45, 7) is 0. The molecule has 4 heteroatoms. The predicted molar refractivity (Wildman–Crippen MR) is 61.3 cm³/mol. The monoisotopic (exact) mass is 237 g/mol. The Kier molecular flexibility index (Phi) is 2.38. The summed E-state index contributed by atoms with van der Waals surface area (Å²) in [6.07, 6.45) is 2.75. The minimum Gasteiger partial charge on any atom is -0.487 e. The first kappa shape index (κ1) is 11.0. The lowest BCUT2D eigenvalue weighted by atomic mass is 9.71. The fraction of sp³-hybridized carbons (Fsp3) is 0.538. The zero-order valence-electron chi connectivity index (χ0n) is 9.78. The molecule has 2 N–H and O–H groups in total. The highest BCUT2D eigenvalue weighted by molar-refractivity contribution is 5.39. The molecule has 1 saturated carbocycles. The van der Waals surface area contributed by atoms with Crippen molar-refractivity contribution in [2.75, 3.05) is 7.11 Å². The Hall–Kier alpha value is -1.13. The molecule has 1 fully saturated rings. The summed E-state index contributed by atoms with van der Waals surface area (Å²) in [5.41, 5.74) is 6.68. The van der Waals surface area contributed by atoms with E-state index in [1.807, 2.05) is 0 Å². The van der Waals surface area contributed by atoms with Crippen LogP contribution in [0.25, 0.3) is 0 Å². The molecular formula is C13H16FNO2. The third-order valence-electron chi connectivity index (χ3n) is 3.82.